The Labute approximate surface area is 165 Å². The molecular formula is C22H27N3O3. The van der Waals surface area contributed by atoms with Crippen LogP contribution in [0.2, 0.25) is 0 Å². The third kappa shape index (κ3) is 3.25. The molecule has 4 heterocycles. The SMILES string of the molecule is O=C(NC[C@H]1[C@H]2CN(CCCc3ccccc3)C[C@]23CC[C@H]1O3)c1ccon1. The van der Waals surface area contributed by atoms with Crippen LogP contribution in [0.4, 0.5) is 0 Å². The number of nitrogens with zero attached hydrogens (tertiary/aromatic N) is 2. The summed E-state index contributed by atoms with van der Waals surface area (Å²) in [5.41, 5.74) is 1.76. The van der Waals surface area contributed by atoms with E-state index in [0.29, 0.717) is 24.1 Å². The van der Waals surface area contributed by atoms with Crippen molar-refractivity contribution < 1.29 is 14.1 Å². The Morgan fingerprint density at radius 2 is 2.18 bits per heavy atom. The summed E-state index contributed by atoms with van der Waals surface area (Å²) >= 11 is 0. The number of hydrogen-bond acceptors (Lipinski definition) is 5. The molecule has 0 unspecified atom stereocenters. The van der Waals surface area contributed by atoms with Crippen molar-refractivity contribution in [2.45, 2.75) is 37.4 Å². The molecule has 6 heteroatoms. The van der Waals surface area contributed by atoms with Crippen molar-refractivity contribution in [3.8, 4) is 0 Å². The summed E-state index contributed by atoms with van der Waals surface area (Å²) in [4.78, 5) is 14.8. The number of likely N-dealkylation sites (tertiary alicyclic amines) is 1. The fourth-order valence-corrected chi connectivity index (χ4v) is 5.51. The van der Waals surface area contributed by atoms with Gasteiger partial charge in [0.05, 0.1) is 11.7 Å². The summed E-state index contributed by atoms with van der Waals surface area (Å²) in [6, 6.07) is 12.3. The summed E-state index contributed by atoms with van der Waals surface area (Å²) in [5.74, 6) is 0.743. The zero-order chi connectivity index (χ0) is 19.0. The summed E-state index contributed by atoms with van der Waals surface area (Å²) in [5, 5.41) is 6.76. The van der Waals surface area contributed by atoms with E-state index in [4.69, 9.17) is 9.26 Å². The number of fused-ring (bicyclic) bond motifs is 1. The van der Waals surface area contributed by atoms with Crippen molar-refractivity contribution in [3.05, 3.63) is 53.9 Å². The lowest BCUT2D eigenvalue weighted by Gasteiger charge is -2.29. The number of carbonyl (C=O) groups is 1. The summed E-state index contributed by atoms with van der Waals surface area (Å²) < 4.78 is 11.3. The second-order valence-corrected chi connectivity index (χ2v) is 8.45. The van der Waals surface area contributed by atoms with Crippen LogP contribution in [0.25, 0.3) is 0 Å². The van der Waals surface area contributed by atoms with Crippen LogP contribution in [-0.2, 0) is 11.2 Å². The van der Waals surface area contributed by atoms with Crippen LogP contribution in [0.3, 0.4) is 0 Å². The van der Waals surface area contributed by atoms with Crippen molar-refractivity contribution in [1.29, 1.82) is 0 Å². The third-order valence-corrected chi connectivity index (χ3v) is 6.81. The Morgan fingerprint density at radius 1 is 1.29 bits per heavy atom. The van der Waals surface area contributed by atoms with Crippen LogP contribution < -0.4 is 5.32 Å². The van der Waals surface area contributed by atoms with E-state index >= 15 is 0 Å². The molecule has 2 bridgehead atoms. The monoisotopic (exact) mass is 381 g/mol. The van der Waals surface area contributed by atoms with Gasteiger partial charge in [-0.2, -0.15) is 0 Å². The molecule has 1 aromatic carbocycles. The van der Waals surface area contributed by atoms with Gasteiger partial charge in [0.15, 0.2) is 5.69 Å². The van der Waals surface area contributed by atoms with Gasteiger partial charge in [0.2, 0.25) is 0 Å². The Balaban J connectivity index is 1.16. The minimum absolute atomic E-state index is 0.0146. The second-order valence-electron chi connectivity index (χ2n) is 8.45. The minimum atomic E-state index is -0.164. The second kappa shape index (κ2) is 7.33. The van der Waals surface area contributed by atoms with Gasteiger partial charge in [-0.05, 0) is 37.8 Å². The predicted molar refractivity (Wildman–Crippen MR) is 104 cm³/mol. The first-order valence-corrected chi connectivity index (χ1v) is 10.4. The fraction of sp³-hybridized carbons (Fsp3) is 0.545. The molecule has 3 aliphatic heterocycles. The summed E-state index contributed by atoms with van der Waals surface area (Å²) in [7, 11) is 0. The zero-order valence-corrected chi connectivity index (χ0v) is 16.0. The predicted octanol–water partition coefficient (Wildman–Crippen LogP) is 2.52. The highest BCUT2D eigenvalue weighted by Gasteiger charge is 2.62. The molecule has 4 atom stereocenters. The number of carbonyl (C=O) groups excluding carboxylic acids is 1. The number of nitrogens with one attached hydrogen (secondary N) is 1. The first kappa shape index (κ1) is 17.9. The molecule has 0 radical (unpaired) electrons. The molecule has 3 fully saturated rings. The highest BCUT2D eigenvalue weighted by atomic mass is 16.5. The van der Waals surface area contributed by atoms with E-state index in [-0.39, 0.29) is 17.6 Å². The van der Waals surface area contributed by atoms with Crippen molar-refractivity contribution >= 4 is 5.91 Å². The lowest BCUT2D eigenvalue weighted by molar-refractivity contribution is 0.00271. The molecule has 1 amide bonds. The highest BCUT2D eigenvalue weighted by Crippen LogP contribution is 2.54. The van der Waals surface area contributed by atoms with Crippen LogP contribution in [-0.4, -0.2) is 53.8 Å². The van der Waals surface area contributed by atoms with Crippen LogP contribution in [0.15, 0.2) is 47.2 Å². The van der Waals surface area contributed by atoms with Gasteiger partial charge in [-0.25, -0.2) is 0 Å². The van der Waals surface area contributed by atoms with Crippen molar-refractivity contribution in [2.24, 2.45) is 11.8 Å². The molecule has 0 saturated carbocycles. The normalized spacial score (nSPS) is 31.2. The topological polar surface area (TPSA) is 67.6 Å². The standard InChI is InChI=1S/C22H27N3O3/c26-21(19-9-12-27-24-19)23-13-17-18-14-25(15-22(18)10-8-20(17)28-22)11-4-7-16-5-2-1-3-6-16/h1-3,5-6,9,12,17-18,20H,4,7-8,10-11,13-15H2,(H,23,26)/t17-,18+,20+,22+/m0/s1. The first-order chi connectivity index (χ1) is 13.7. The van der Waals surface area contributed by atoms with E-state index in [1.54, 1.807) is 6.07 Å². The van der Waals surface area contributed by atoms with E-state index < -0.39 is 0 Å². The average Bonchev–Trinajstić information content (AvgIpc) is 3.48. The van der Waals surface area contributed by atoms with E-state index in [0.717, 1.165) is 38.9 Å². The number of aromatic nitrogens is 1. The smallest absolute Gasteiger partial charge is 0.273 e. The van der Waals surface area contributed by atoms with Gasteiger partial charge in [0.25, 0.3) is 5.91 Å². The van der Waals surface area contributed by atoms with E-state index in [1.165, 1.54) is 18.2 Å². The van der Waals surface area contributed by atoms with Crippen LogP contribution in [0.5, 0.6) is 0 Å². The Kier molecular flexibility index (Phi) is 4.69. The Hall–Kier alpha value is -2.18. The quantitative estimate of drug-likeness (QED) is 0.798. The van der Waals surface area contributed by atoms with Crippen LogP contribution >= 0.6 is 0 Å². The Morgan fingerprint density at radius 3 is 3.00 bits per heavy atom. The lowest BCUT2D eigenvalue weighted by Crippen LogP contribution is -2.42. The van der Waals surface area contributed by atoms with Crippen molar-refractivity contribution in [2.75, 3.05) is 26.2 Å². The van der Waals surface area contributed by atoms with Gasteiger partial charge in [-0.3, -0.25) is 4.79 Å². The van der Waals surface area contributed by atoms with Gasteiger partial charge in [0.1, 0.15) is 6.26 Å². The van der Waals surface area contributed by atoms with Crippen molar-refractivity contribution in [1.82, 2.24) is 15.4 Å². The molecule has 148 valence electrons. The van der Waals surface area contributed by atoms with Crippen LogP contribution in [0, 0.1) is 11.8 Å². The van der Waals surface area contributed by atoms with E-state index in [9.17, 15) is 4.79 Å². The van der Waals surface area contributed by atoms with E-state index in [1.807, 2.05) is 0 Å². The zero-order valence-electron chi connectivity index (χ0n) is 16.0. The molecular weight excluding hydrogens is 354 g/mol. The molecule has 28 heavy (non-hydrogen) atoms. The fourth-order valence-electron chi connectivity index (χ4n) is 5.51. The number of amides is 1. The van der Waals surface area contributed by atoms with Gasteiger partial charge in [0, 0.05) is 37.5 Å². The van der Waals surface area contributed by atoms with Gasteiger partial charge < -0.3 is 19.5 Å². The molecule has 0 aliphatic carbocycles. The largest absolute Gasteiger partial charge is 0.370 e. The van der Waals surface area contributed by atoms with Gasteiger partial charge in [-0.1, -0.05) is 35.5 Å². The molecule has 1 spiro atoms. The van der Waals surface area contributed by atoms with Gasteiger partial charge in [-0.15, -0.1) is 0 Å². The first-order valence-electron chi connectivity index (χ1n) is 10.4. The number of rotatable bonds is 7. The maximum atomic E-state index is 12.2. The molecule has 3 saturated heterocycles. The molecule has 2 aromatic rings. The average molecular weight is 381 g/mol. The summed E-state index contributed by atoms with van der Waals surface area (Å²) in [6.07, 6.45) is 6.27. The maximum Gasteiger partial charge on any atom is 0.273 e. The van der Waals surface area contributed by atoms with Crippen molar-refractivity contribution in [3.63, 3.8) is 0 Å². The van der Waals surface area contributed by atoms with Gasteiger partial charge >= 0.3 is 0 Å². The minimum Gasteiger partial charge on any atom is -0.370 e. The maximum absolute atomic E-state index is 12.2. The van der Waals surface area contributed by atoms with E-state index in [2.05, 4.69) is 45.7 Å². The lowest BCUT2D eigenvalue weighted by atomic mass is 9.73. The highest BCUT2D eigenvalue weighted by molar-refractivity contribution is 5.91. The Bertz CT molecular complexity index is 810. The molecule has 1 aromatic heterocycles. The number of hydrogen-bond donors (Lipinski definition) is 1. The number of aryl methyl sites for hydroxylation is 1. The van der Waals surface area contributed by atoms with Crippen LogP contribution in [0.1, 0.15) is 35.3 Å². The molecule has 3 aliphatic rings. The third-order valence-electron chi connectivity index (χ3n) is 6.81. The number of ether oxygens (including phenoxy) is 1. The molecule has 5 rings (SSSR count). The number of benzene rings is 1. The molecule has 1 N–H and O–H groups in total. The molecule has 6 nitrogen and oxygen atoms in total. The summed E-state index contributed by atoms with van der Waals surface area (Å²) in [6.45, 7) is 3.88.